The molecule has 1 N–H and O–H groups in total. The third-order valence-corrected chi connectivity index (χ3v) is 2.84. The Morgan fingerprint density at radius 1 is 1.59 bits per heavy atom. The van der Waals surface area contributed by atoms with Crippen LogP contribution in [0.2, 0.25) is 0 Å². The van der Waals surface area contributed by atoms with Gasteiger partial charge >= 0.3 is 0 Å². The van der Waals surface area contributed by atoms with Gasteiger partial charge in [-0.15, -0.1) is 0 Å². The average Bonchev–Trinajstić information content (AvgIpc) is 2.89. The molecule has 0 aliphatic carbocycles. The Morgan fingerprint density at radius 3 is 2.71 bits per heavy atom. The van der Waals surface area contributed by atoms with Crippen LogP contribution in [-0.4, -0.2) is 32.9 Å². The van der Waals surface area contributed by atoms with Crippen molar-refractivity contribution in [1.29, 1.82) is 0 Å². The van der Waals surface area contributed by atoms with Gasteiger partial charge in [0.25, 0.3) is 5.69 Å². The fourth-order valence-corrected chi connectivity index (χ4v) is 1.74. The molecule has 6 heteroatoms. The first kappa shape index (κ1) is 11.4. The maximum Gasteiger partial charge on any atom is 0.270 e. The van der Waals surface area contributed by atoms with Gasteiger partial charge in [-0.2, -0.15) is 0 Å². The third kappa shape index (κ3) is 2.06. The second-order valence-electron chi connectivity index (χ2n) is 4.63. The summed E-state index contributed by atoms with van der Waals surface area (Å²) in [5.41, 5.74) is 0.488. The lowest BCUT2D eigenvalue weighted by atomic mass is 10.1. The van der Waals surface area contributed by atoms with E-state index in [1.807, 2.05) is 18.7 Å². The summed E-state index contributed by atoms with van der Waals surface area (Å²) in [4.78, 5) is 12.1. The van der Waals surface area contributed by atoms with Gasteiger partial charge in [-0.05, 0) is 13.8 Å². The molecule has 17 heavy (non-hydrogen) atoms. The van der Waals surface area contributed by atoms with Gasteiger partial charge < -0.3 is 10.1 Å². The van der Waals surface area contributed by atoms with E-state index in [4.69, 9.17) is 5.21 Å². The highest BCUT2D eigenvalue weighted by atomic mass is 16.6. The van der Waals surface area contributed by atoms with Crippen molar-refractivity contribution < 1.29 is 10.1 Å². The maximum atomic E-state index is 10.7. The molecule has 0 spiro atoms. The topological polar surface area (TPSA) is 78.7 Å². The lowest BCUT2D eigenvalue weighted by Gasteiger charge is -2.10. The van der Waals surface area contributed by atoms with Crippen LogP contribution in [0.5, 0.6) is 0 Å². The Hall–Kier alpha value is -2.11. The van der Waals surface area contributed by atoms with Crippen LogP contribution < -0.4 is 0 Å². The summed E-state index contributed by atoms with van der Waals surface area (Å²) in [6, 6.07) is 6.08. The summed E-state index contributed by atoms with van der Waals surface area (Å²) >= 11 is 0. The molecule has 6 nitrogen and oxygen atoms in total. The zero-order chi connectivity index (χ0) is 12.6. The molecule has 1 aromatic rings. The largest absolute Gasteiger partial charge is 0.409 e. The Kier molecular flexibility index (Phi) is 2.49. The number of rotatable bonds is 2. The molecule has 0 amide bonds. The zero-order valence-electron chi connectivity index (χ0n) is 9.62. The minimum Gasteiger partial charge on any atom is -0.409 e. The third-order valence-electron chi connectivity index (χ3n) is 2.84. The standard InChI is InChI=1S/C11H13N3O3/c1-11(2)7-13(11)10(12-15)8-4-3-5-9(6-8)14(16)17/h3-6,15H,7H2,1-2H3/b12-10-. The summed E-state index contributed by atoms with van der Waals surface area (Å²) in [6.45, 7) is 4.79. The molecular weight excluding hydrogens is 222 g/mol. The van der Waals surface area contributed by atoms with E-state index in [0.29, 0.717) is 11.4 Å². The number of benzene rings is 1. The Balaban J connectivity index is 2.33. The summed E-state index contributed by atoms with van der Waals surface area (Å²) in [5.74, 6) is 0.374. The van der Waals surface area contributed by atoms with Crippen molar-refractivity contribution in [1.82, 2.24) is 4.90 Å². The second-order valence-corrected chi connectivity index (χ2v) is 4.63. The van der Waals surface area contributed by atoms with Crippen LogP contribution in [0.15, 0.2) is 29.4 Å². The molecular formula is C11H13N3O3. The van der Waals surface area contributed by atoms with E-state index >= 15 is 0 Å². The van der Waals surface area contributed by atoms with Crippen LogP contribution in [0.3, 0.4) is 0 Å². The number of oxime groups is 1. The van der Waals surface area contributed by atoms with Gasteiger partial charge in [-0.25, -0.2) is 0 Å². The molecule has 0 atom stereocenters. The minimum atomic E-state index is -0.466. The van der Waals surface area contributed by atoms with Gasteiger partial charge in [-0.1, -0.05) is 17.3 Å². The second kappa shape index (κ2) is 3.73. The lowest BCUT2D eigenvalue weighted by Crippen LogP contribution is -2.19. The van der Waals surface area contributed by atoms with E-state index in [0.717, 1.165) is 6.54 Å². The highest BCUT2D eigenvalue weighted by Gasteiger charge is 2.46. The fourth-order valence-electron chi connectivity index (χ4n) is 1.74. The van der Waals surface area contributed by atoms with Gasteiger partial charge in [0, 0.05) is 24.2 Å². The van der Waals surface area contributed by atoms with Crippen molar-refractivity contribution in [3.8, 4) is 0 Å². The van der Waals surface area contributed by atoms with Crippen LogP contribution in [-0.2, 0) is 0 Å². The lowest BCUT2D eigenvalue weighted by molar-refractivity contribution is -0.384. The zero-order valence-corrected chi connectivity index (χ0v) is 9.62. The molecule has 1 aliphatic rings. The number of nitrogens with zero attached hydrogens (tertiary/aromatic N) is 3. The summed E-state index contributed by atoms with van der Waals surface area (Å²) in [6.07, 6.45) is 0. The van der Waals surface area contributed by atoms with E-state index < -0.39 is 4.92 Å². The quantitative estimate of drug-likeness (QED) is 0.212. The summed E-state index contributed by atoms with van der Waals surface area (Å²) < 4.78 is 0. The number of hydrogen-bond donors (Lipinski definition) is 1. The first-order valence-electron chi connectivity index (χ1n) is 5.20. The van der Waals surface area contributed by atoms with Crippen molar-refractivity contribution in [2.75, 3.05) is 6.54 Å². The number of hydrogen-bond acceptors (Lipinski definition) is 4. The van der Waals surface area contributed by atoms with Crippen LogP contribution in [0.4, 0.5) is 5.69 Å². The van der Waals surface area contributed by atoms with Crippen LogP contribution >= 0.6 is 0 Å². The predicted octanol–water partition coefficient (Wildman–Crippen LogP) is 1.82. The number of nitro groups is 1. The van der Waals surface area contributed by atoms with Gasteiger partial charge in [0.1, 0.15) is 0 Å². The molecule has 0 aromatic heterocycles. The maximum absolute atomic E-state index is 10.7. The molecule has 0 saturated carbocycles. The summed E-state index contributed by atoms with van der Waals surface area (Å²) in [7, 11) is 0. The van der Waals surface area contributed by atoms with Gasteiger partial charge in [0.15, 0.2) is 5.84 Å². The minimum absolute atomic E-state index is 0.0108. The van der Waals surface area contributed by atoms with Crippen molar-refractivity contribution in [3.63, 3.8) is 0 Å². The van der Waals surface area contributed by atoms with E-state index in [1.54, 1.807) is 12.1 Å². The van der Waals surface area contributed by atoms with E-state index in [1.165, 1.54) is 12.1 Å². The van der Waals surface area contributed by atoms with Gasteiger partial charge in [0.05, 0.1) is 10.5 Å². The van der Waals surface area contributed by atoms with Crippen LogP contribution in [0, 0.1) is 10.1 Å². The normalized spacial score (nSPS) is 18.0. The molecule has 0 radical (unpaired) electrons. The number of amidine groups is 1. The monoisotopic (exact) mass is 235 g/mol. The van der Waals surface area contributed by atoms with Crippen molar-refractivity contribution in [2.24, 2.45) is 5.16 Å². The SMILES string of the molecule is CC1(C)CN1/C(=N\O)c1cccc([N+](=O)[O-])c1. The predicted molar refractivity (Wildman–Crippen MR) is 62.2 cm³/mol. The molecule has 1 saturated heterocycles. The van der Waals surface area contributed by atoms with E-state index in [9.17, 15) is 10.1 Å². The highest BCUT2D eigenvalue weighted by Crippen LogP contribution is 2.33. The Bertz CT molecular complexity index is 496. The van der Waals surface area contributed by atoms with E-state index in [-0.39, 0.29) is 11.2 Å². The average molecular weight is 235 g/mol. The number of nitro benzene ring substituents is 1. The Morgan fingerprint density at radius 2 is 2.24 bits per heavy atom. The molecule has 1 aromatic carbocycles. The molecule has 1 fully saturated rings. The molecule has 1 heterocycles. The molecule has 90 valence electrons. The Labute approximate surface area is 98.3 Å². The van der Waals surface area contributed by atoms with Crippen molar-refractivity contribution >= 4 is 11.5 Å². The fraction of sp³-hybridized carbons (Fsp3) is 0.364. The smallest absolute Gasteiger partial charge is 0.270 e. The first-order chi connectivity index (χ1) is 7.95. The van der Waals surface area contributed by atoms with Crippen molar-refractivity contribution in [3.05, 3.63) is 39.9 Å². The summed E-state index contributed by atoms with van der Waals surface area (Å²) in [5, 5.41) is 22.9. The highest BCUT2D eigenvalue weighted by molar-refractivity contribution is 6.00. The molecule has 2 rings (SSSR count). The van der Waals surface area contributed by atoms with Gasteiger partial charge in [0.2, 0.25) is 0 Å². The molecule has 1 aliphatic heterocycles. The van der Waals surface area contributed by atoms with Crippen LogP contribution in [0.1, 0.15) is 19.4 Å². The van der Waals surface area contributed by atoms with Crippen LogP contribution in [0.25, 0.3) is 0 Å². The van der Waals surface area contributed by atoms with E-state index in [2.05, 4.69) is 5.16 Å². The van der Waals surface area contributed by atoms with Crippen molar-refractivity contribution in [2.45, 2.75) is 19.4 Å². The molecule has 0 bridgehead atoms. The number of non-ortho nitro benzene ring substituents is 1. The molecule has 0 unspecified atom stereocenters. The van der Waals surface area contributed by atoms with Gasteiger partial charge in [-0.3, -0.25) is 10.1 Å². The first-order valence-corrected chi connectivity index (χ1v) is 5.20.